The van der Waals surface area contributed by atoms with Gasteiger partial charge in [-0.25, -0.2) is 9.59 Å². The smallest absolute Gasteiger partial charge is 0.314 e. The Kier molecular flexibility index (Phi) is 6.86. The van der Waals surface area contributed by atoms with Crippen LogP contribution in [0.2, 0.25) is 0 Å². The van der Waals surface area contributed by atoms with Crippen molar-refractivity contribution in [3.63, 3.8) is 0 Å². The second-order valence-corrected chi connectivity index (χ2v) is 2.47. The van der Waals surface area contributed by atoms with Crippen molar-refractivity contribution in [1.82, 2.24) is 9.80 Å². The van der Waals surface area contributed by atoms with Crippen molar-refractivity contribution in [2.75, 3.05) is 28.2 Å². The number of carbonyl (C=O) groups is 2. The number of nitrogens with zero attached hydrogens (tertiary/aromatic N) is 2. The van der Waals surface area contributed by atoms with E-state index in [4.69, 9.17) is 11.5 Å². The monoisotopic (exact) mass is 176 g/mol. The van der Waals surface area contributed by atoms with Gasteiger partial charge >= 0.3 is 12.1 Å². The number of rotatable bonds is 0. The lowest BCUT2D eigenvalue weighted by Gasteiger charge is -2.01. The quantitative estimate of drug-likeness (QED) is 0.508. The van der Waals surface area contributed by atoms with E-state index in [1.165, 1.54) is 9.80 Å². The Morgan fingerprint density at radius 1 is 0.833 bits per heavy atom. The Bertz CT molecular complexity index is 138. The van der Waals surface area contributed by atoms with Gasteiger partial charge in [0.05, 0.1) is 0 Å². The van der Waals surface area contributed by atoms with Crippen LogP contribution in [0.25, 0.3) is 0 Å². The van der Waals surface area contributed by atoms with Crippen LogP contribution in [0.15, 0.2) is 0 Å². The molecule has 0 aromatic rings. The topological polar surface area (TPSA) is 92.7 Å². The Morgan fingerprint density at radius 2 is 0.917 bits per heavy atom. The van der Waals surface area contributed by atoms with Crippen LogP contribution in [0.1, 0.15) is 0 Å². The summed E-state index contributed by atoms with van der Waals surface area (Å²) < 4.78 is 0. The average Bonchev–Trinajstić information content (AvgIpc) is 1.88. The third kappa shape index (κ3) is 11.4. The zero-order chi connectivity index (χ0) is 10.3. The fourth-order valence-corrected chi connectivity index (χ4v) is 0. The van der Waals surface area contributed by atoms with Gasteiger partial charge in [-0.3, -0.25) is 0 Å². The standard InChI is InChI=1S/2C3H8N2O/c2*1-5(2)3(4)6/h2*1-2H3,(H2,4,6). The van der Waals surface area contributed by atoms with Gasteiger partial charge in [-0.2, -0.15) is 0 Å². The van der Waals surface area contributed by atoms with Crippen LogP contribution in [0, 0.1) is 0 Å². The van der Waals surface area contributed by atoms with Crippen LogP contribution >= 0.6 is 0 Å². The molecule has 0 rings (SSSR count). The first kappa shape index (κ1) is 13.2. The number of nitrogens with two attached hydrogens (primary N) is 2. The van der Waals surface area contributed by atoms with Crippen molar-refractivity contribution in [2.24, 2.45) is 11.5 Å². The van der Waals surface area contributed by atoms with E-state index in [0.29, 0.717) is 0 Å². The van der Waals surface area contributed by atoms with Gasteiger partial charge in [0.15, 0.2) is 0 Å². The van der Waals surface area contributed by atoms with E-state index < -0.39 is 12.1 Å². The summed E-state index contributed by atoms with van der Waals surface area (Å²) in [6.07, 6.45) is 0. The molecule has 0 saturated heterocycles. The summed E-state index contributed by atoms with van der Waals surface area (Å²) in [5.41, 5.74) is 9.44. The van der Waals surface area contributed by atoms with Crippen molar-refractivity contribution in [3.8, 4) is 0 Å². The van der Waals surface area contributed by atoms with Crippen LogP contribution in [-0.2, 0) is 0 Å². The lowest BCUT2D eigenvalue weighted by atomic mass is 10.9. The molecule has 6 nitrogen and oxygen atoms in total. The minimum absolute atomic E-state index is 0.407. The Balaban J connectivity index is 0. The zero-order valence-electron chi connectivity index (χ0n) is 7.87. The second kappa shape index (κ2) is 6.26. The number of hydrogen-bond acceptors (Lipinski definition) is 2. The summed E-state index contributed by atoms with van der Waals surface area (Å²) in [5.74, 6) is 0. The third-order valence-corrected chi connectivity index (χ3v) is 0.882. The van der Waals surface area contributed by atoms with Crippen molar-refractivity contribution in [3.05, 3.63) is 0 Å². The summed E-state index contributed by atoms with van der Waals surface area (Å²) in [6.45, 7) is 0. The number of hydrogen-bond donors (Lipinski definition) is 2. The summed E-state index contributed by atoms with van der Waals surface area (Å²) >= 11 is 0. The molecule has 0 aliphatic heterocycles. The maximum absolute atomic E-state index is 9.85. The zero-order valence-corrected chi connectivity index (χ0v) is 7.87. The van der Waals surface area contributed by atoms with E-state index in [2.05, 4.69) is 0 Å². The number of amides is 4. The molecule has 0 bridgehead atoms. The maximum atomic E-state index is 9.85. The molecule has 4 amide bonds. The molecule has 0 aliphatic rings. The molecular formula is C6H16N4O2. The maximum Gasteiger partial charge on any atom is 0.314 e. The minimum atomic E-state index is -0.407. The predicted octanol–water partition coefficient (Wildman–Crippen LogP) is -0.747. The van der Waals surface area contributed by atoms with Gasteiger partial charge in [0.1, 0.15) is 0 Å². The number of carbonyl (C=O) groups excluding carboxylic acids is 2. The largest absolute Gasteiger partial charge is 0.352 e. The highest BCUT2D eigenvalue weighted by Gasteiger charge is 1.88. The molecule has 0 aromatic heterocycles. The average molecular weight is 176 g/mol. The number of primary amides is 2. The van der Waals surface area contributed by atoms with E-state index in [9.17, 15) is 9.59 Å². The van der Waals surface area contributed by atoms with Gasteiger partial charge < -0.3 is 21.3 Å². The van der Waals surface area contributed by atoms with E-state index in [1.807, 2.05) is 0 Å². The van der Waals surface area contributed by atoms with Crippen LogP contribution in [0.5, 0.6) is 0 Å². The first-order valence-corrected chi connectivity index (χ1v) is 3.22. The highest BCUT2D eigenvalue weighted by molar-refractivity contribution is 5.71. The Morgan fingerprint density at radius 3 is 0.917 bits per heavy atom. The molecule has 0 aromatic carbocycles. The molecule has 0 radical (unpaired) electrons. The minimum Gasteiger partial charge on any atom is -0.352 e. The van der Waals surface area contributed by atoms with Gasteiger partial charge in [0.25, 0.3) is 0 Å². The Labute approximate surface area is 72.1 Å². The third-order valence-electron chi connectivity index (χ3n) is 0.882. The summed E-state index contributed by atoms with van der Waals surface area (Å²) in [5, 5.41) is 0. The van der Waals surface area contributed by atoms with Gasteiger partial charge in [-0.15, -0.1) is 0 Å². The normalized spacial score (nSPS) is 7.67. The first-order chi connectivity index (χ1) is 5.29. The van der Waals surface area contributed by atoms with Gasteiger partial charge in [-0.1, -0.05) is 0 Å². The molecule has 0 atom stereocenters. The summed E-state index contributed by atoms with van der Waals surface area (Å²) in [6, 6.07) is -0.815. The molecule has 0 aliphatic carbocycles. The van der Waals surface area contributed by atoms with E-state index >= 15 is 0 Å². The van der Waals surface area contributed by atoms with Crippen molar-refractivity contribution in [2.45, 2.75) is 0 Å². The lowest BCUT2D eigenvalue weighted by Crippen LogP contribution is -2.27. The molecular weight excluding hydrogens is 160 g/mol. The first-order valence-electron chi connectivity index (χ1n) is 3.22. The Hall–Kier alpha value is -1.46. The molecule has 0 saturated carbocycles. The van der Waals surface area contributed by atoms with Crippen LogP contribution in [0.4, 0.5) is 9.59 Å². The van der Waals surface area contributed by atoms with Gasteiger partial charge in [-0.05, 0) is 0 Å². The predicted molar refractivity (Wildman–Crippen MR) is 46.5 cm³/mol. The van der Waals surface area contributed by atoms with Crippen LogP contribution in [-0.4, -0.2) is 50.1 Å². The fraction of sp³-hybridized carbons (Fsp3) is 0.667. The molecule has 0 fully saturated rings. The molecule has 0 unspecified atom stereocenters. The fourth-order valence-electron chi connectivity index (χ4n) is 0. The number of urea groups is 2. The molecule has 0 spiro atoms. The molecule has 6 heteroatoms. The molecule has 4 N–H and O–H groups in total. The van der Waals surface area contributed by atoms with Crippen molar-refractivity contribution >= 4 is 12.1 Å². The van der Waals surface area contributed by atoms with Crippen LogP contribution in [0.3, 0.4) is 0 Å². The van der Waals surface area contributed by atoms with E-state index in [0.717, 1.165) is 0 Å². The van der Waals surface area contributed by atoms with Crippen molar-refractivity contribution in [1.29, 1.82) is 0 Å². The molecule has 0 heterocycles. The highest BCUT2D eigenvalue weighted by Crippen LogP contribution is 1.66. The second-order valence-electron chi connectivity index (χ2n) is 2.47. The SMILES string of the molecule is CN(C)C(N)=O.CN(C)C(N)=O. The van der Waals surface area contributed by atoms with E-state index in [-0.39, 0.29) is 0 Å². The molecule has 12 heavy (non-hydrogen) atoms. The van der Waals surface area contributed by atoms with Gasteiger partial charge in [0, 0.05) is 28.2 Å². The molecule has 72 valence electrons. The van der Waals surface area contributed by atoms with E-state index in [1.54, 1.807) is 28.2 Å². The van der Waals surface area contributed by atoms with Crippen LogP contribution < -0.4 is 11.5 Å². The lowest BCUT2D eigenvalue weighted by molar-refractivity contribution is 0.226. The van der Waals surface area contributed by atoms with Crippen molar-refractivity contribution < 1.29 is 9.59 Å². The summed E-state index contributed by atoms with van der Waals surface area (Å²) in [7, 11) is 6.40. The van der Waals surface area contributed by atoms with Gasteiger partial charge in [0.2, 0.25) is 0 Å². The highest BCUT2D eigenvalue weighted by atomic mass is 16.2. The summed E-state index contributed by atoms with van der Waals surface area (Å²) in [4.78, 5) is 22.3.